The number of hydrogen-bond donors (Lipinski definition) is 4. The van der Waals surface area contributed by atoms with Crippen LogP contribution in [0.4, 0.5) is 11.4 Å². The number of thiol groups is 1. The Balaban J connectivity index is 2.67. The van der Waals surface area contributed by atoms with Crippen LogP contribution in [0.1, 0.15) is 0 Å². The van der Waals surface area contributed by atoms with Crippen molar-refractivity contribution in [1.82, 2.24) is 0 Å². The Hall–Kier alpha value is -1.36. The number of nitrogens with two attached hydrogens (primary N) is 1. The van der Waals surface area contributed by atoms with E-state index in [-0.39, 0.29) is 5.75 Å². The highest BCUT2D eigenvalue weighted by Crippen LogP contribution is 2.12. The maximum atomic E-state index is 10.7. The lowest BCUT2D eigenvalue weighted by molar-refractivity contribution is -0.137. The summed E-state index contributed by atoms with van der Waals surface area (Å²) in [5.74, 6) is -0.684. The summed E-state index contributed by atoms with van der Waals surface area (Å²) >= 11 is 3.94. The molecule has 1 aromatic rings. The monoisotopic (exact) mass is 212 g/mol. The van der Waals surface area contributed by atoms with Gasteiger partial charge in [0.25, 0.3) is 0 Å². The zero-order valence-corrected chi connectivity index (χ0v) is 8.37. The summed E-state index contributed by atoms with van der Waals surface area (Å²) in [6.45, 7) is 0. The van der Waals surface area contributed by atoms with Crippen LogP contribution < -0.4 is 11.1 Å². The van der Waals surface area contributed by atoms with Gasteiger partial charge in [-0.2, -0.15) is 12.6 Å². The van der Waals surface area contributed by atoms with Crippen LogP contribution in [0.5, 0.6) is 0 Å². The molecule has 14 heavy (non-hydrogen) atoms. The molecule has 1 atom stereocenters. The molecule has 0 radical (unpaired) electrons. The number of carboxylic acids is 1. The Morgan fingerprint density at radius 3 is 2.50 bits per heavy atom. The number of anilines is 2. The molecule has 1 rings (SSSR count). The summed E-state index contributed by atoms with van der Waals surface area (Å²) < 4.78 is 0. The number of benzene rings is 1. The summed E-state index contributed by atoms with van der Waals surface area (Å²) in [4.78, 5) is 10.7. The molecule has 0 aliphatic heterocycles. The fourth-order valence-electron chi connectivity index (χ4n) is 0.966. The van der Waals surface area contributed by atoms with Gasteiger partial charge in [0.2, 0.25) is 0 Å². The maximum absolute atomic E-state index is 10.7. The molecule has 0 aliphatic rings. The van der Waals surface area contributed by atoms with Crippen LogP contribution in [0.15, 0.2) is 24.3 Å². The molecule has 0 aliphatic carbocycles. The van der Waals surface area contributed by atoms with Crippen molar-refractivity contribution in [3.8, 4) is 0 Å². The Morgan fingerprint density at radius 1 is 1.50 bits per heavy atom. The molecule has 0 bridgehead atoms. The van der Waals surface area contributed by atoms with E-state index in [1.807, 2.05) is 0 Å². The first-order chi connectivity index (χ1) is 6.63. The Kier molecular flexibility index (Phi) is 3.64. The number of rotatable bonds is 4. The minimum Gasteiger partial charge on any atom is -0.480 e. The van der Waals surface area contributed by atoms with E-state index in [9.17, 15) is 4.79 Å². The van der Waals surface area contributed by atoms with Crippen LogP contribution in [0.25, 0.3) is 0 Å². The second-order valence-electron chi connectivity index (χ2n) is 2.84. The van der Waals surface area contributed by atoms with Crippen molar-refractivity contribution in [2.24, 2.45) is 0 Å². The molecule has 0 saturated heterocycles. The van der Waals surface area contributed by atoms with Gasteiger partial charge in [-0.25, -0.2) is 4.79 Å². The van der Waals surface area contributed by atoms with E-state index in [2.05, 4.69) is 17.9 Å². The number of aliphatic carboxylic acids is 1. The highest BCUT2D eigenvalue weighted by molar-refractivity contribution is 7.80. The number of carbonyl (C=O) groups is 1. The number of carboxylic acid groups (broad SMARTS) is 1. The molecule has 4 nitrogen and oxygen atoms in total. The maximum Gasteiger partial charge on any atom is 0.326 e. The van der Waals surface area contributed by atoms with Crippen LogP contribution in [-0.2, 0) is 4.79 Å². The van der Waals surface area contributed by atoms with E-state index in [4.69, 9.17) is 10.8 Å². The van der Waals surface area contributed by atoms with Crippen LogP contribution in [0.2, 0.25) is 0 Å². The van der Waals surface area contributed by atoms with Crippen molar-refractivity contribution < 1.29 is 9.90 Å². The fourth-order valence-corrected chi connectivity index (χ4v) is 1.21. The topological polar surface area (TPSA) is 75.3 Å². The van der Waals surface area contributed by atoms with E-state index in [0.29, 0.717) is 5.69 Å². The second kappa shape index (κ2) is 4.76. The number of nitrogens with one attached hydrogen (secondary N) is 1. The van der Waals surface area contributed by atoms with E-state index >= 15 is 0 Å². The lowest BCUT2D eigenvalue weighted by Crippen LogP contribution is -2.30. The minimum atomic E-state index is -0.920. The van der Waals surface area contributed by atoms with Gasteiger partial charge in [-0.1, -0.05) is 0 Å². The van der Waals surface area contributed by atoms with Gasteiger partial charge in [-0.15, -0.1) is 0 Å². The molecule has 0 spiro atoms. The van der Waals surface area contributed by atoms with E-state index < -0.39 is 12.0 Å². The molecule has 0 amide bonds. The number of nitrogen functional groups attached to an aromatic ring is 1. The second-order valence-corrected chi connectivity index (χ2v) is 3.20. The Labute approximate surface area is 87.5 Å². The van der Waals surface area contributed by atoms with Gasteiger partial charge in [0.15, 0.2) is 0 Å². The predicted molar refractivity (Wildman–Crippen MR) is 59.8 cm³/mol. The Bertz CT molecular complexity index is 313. The van der Waals surface area contributed by atoms with Gasteiger partial charge in [0.05, 0.1) is 0 Å². The van der Waals surface area contributed by atoms with Crippen molar-refractivity contribution in [3.05, 3.63) is 24.3 Å². The van der Waals surface area contributed by atoms with Crippen molar-refractivity contribution in [2.75, 3.05) is 16.8 Å². The third-order valence-corrected chi connectivity index (χ3v) is 2.10. The zero-order chi connectivity index (χ0) is 10.6. The van der Waals surface area contributed by atoms with Crippen LogP contribution >= 0.6 is 12.6 Å². The van der Waals surface area contributed by atoms with Crippen LogP contribution in [-0.4, -0.2) is 22.9 Å². The first kappa shape index (κ1) is 10.7. The molecular weight excluding hydrogens is 200 g/mol. The molecule has 0 saturated carbocycles. The van der Waals surface area contributed by atoms with Gasteiger partial charge in [0.1, 0.15) is 6.04 Å². The van der Waals surface area contributed by atoms with E-state index in [0.717, 1.165) is 5.69 Å². The van der Waals surface area contributed by atoms with Gasteiger partial charge >= 0.3 is 5.97 Å². The normalized spacial score (nSPS) is 12.1. The summed E-state index contributed by atoms with van der Waals surface area (Å²) in [6.07, 6.45) is 0. The fraction of sp³-hybridized carbons (Fsp3) is 0.222. The molecule has 0 fully saturated rings. The standard InChI is InChI=1S/C9H12N2O2S/c10-6-1-3-7(4-2-6)11-8(5-14)9(12)13/h1-4,8,11,14H,5,10H2,(H,12,13)/t8-/m0/s1. The first-order valence-electron chi connectivity index (χ1n) is 4.09. The third-order valence-electron chi connectivity index (χ3n) is 1.73. The molecule has 0 unspecified atom stereocenters. The van der Waals surface area contributed by atoms with Crippen molar-refractivity contribution >= 4 is 30.0 Å². The van der Waals surface area contributed by atoms with Crippen LogP contribution in [0, 0.1) is 0 Å². The molecule has 1 aromatic carbocycles. The average molecular weight is 212 g/mol. The smallest absolute Gasteiger partial charge is 0.326 e. The first-order valence-corrected chi connectivity index (χ1v) is 4.72. The quantitative estimate of drug-likeness (QED) is 0.445. The van der Waals surface area contributed by atoms with Gasteiger partial charge in [-0.05, 0) is 24.3 Å². The third kappa shape index (κ3) is 2.85. The summed E-state index contributed by atoms with van der Waals surface area (Å²) in [5.41, 5.74) is 6.86. The lowest BCUT2D eigenvalue weighted by atomic mass is 10.2. The van der Waals surface area contributed by atoms with E-state index in [1.165, 1.54) is 0 Å². The lowest BCUT2D eigenvalue weighted by Gasteiger charge is -2.12. The largest absolute Gasteiger partial charge is 0.480 e. The molecule has 0 heterocycles. The molecule has 4 N–H and O–H groups in total. The molecule has 76 valence electrons. The van der Waals surface area contributed by atoms with Crippen molar-refractivity contribution in [3.63, 3.8) is 0 Å². The van der Waals surface area contributed by atoms with Crippen molar-refractivity contribution in [2.45, 2.75) is 6.04 Å². The summed E-state index contributed by atoms with van der Waals surface area (Å²) in [6, 6.07) is 6.20. The molecular formula is C9H12N2O2S. The average Bonchev–Trinajstić information content (AvgIpc) is 2.16. The zero-order valence-electron chi connectivity index (χ0n) is 7.47. The predicted octanol–water partition coefficient (Wildman–Crippen LogP) is 1.06. The van der Waals surface area contributed by atoms with Crippen molar-refractivity contribution in [1.29, 1.82) is 0 Å². The van der Waals surface area contributed by atoms with Crippen LogP contribution in [0.3, 0.4) is 0 Å². The highest BCUT2D eigenvalue weighted by Gasteiger charge is 2.14. The minimum absolute atomic E-state index is 0.236. The number of hydrogen-bond acceptors (Lipinski definition) is 4. The van der Waals surface area contributed by atoms with Gasteiger partial charge in [-0.3, -0.25) is 0 Å². The van der Waals surface area contributed by atoms with E-state index in [1.54, 1.807) is 24.3 Å². The summed E-state index contributed by atoms with van der Waals surface area (Å²) in [5, 5.41) is 11.6. The Morgan fingerprint density at radius 2 is 2.07 bits per heavy atom. The van der Waals surface area contributed by atoms with Gasteiger partial charge < -0.3 is 16.2 Å². The SMILES string of the molecule is Nc1ccc(N[C@@H](CS)C(=O)O)cc1. The highest BCUT2D eigenvalue weighted by atomic mass is 32.1. The molecule has 0 aromatic heterocycles. The van der Waals surface area contributed by atoms with Gasteiger partial charge in [0, 0.05) is 17.1 Å². The molecule has 5 heteroatoms. The summed E-state index contributed by atoms with van der Waals surface area (Å²) in [7, 11) is 0.